The van der Waals surface area contributed by atoms with E-state index in [9.17, 15) is 0 Å². The average molecular weight is 238 g/mol. The fourth-order valence-electron chi connectivity index (χ4n) is 2.88. The van der Waals surface area contributed by atoms with Gasteiger partial charge in [-0.25, -0.2) is 0 Å². The summed E-state index contributed by atoms with van der Waals surface area (Å²) in [6.45, 7) is 4.01. The maximum Gasteiger partial charge on any atom is 0.0876 e. The first-order chi connectivity index (χ1) is 8.36. The molecule has 0 spiro atoms. The zero-order valence-corrected chi connectivity index (χ0v) is 11.1. The van der Waals surface area contributed by atoms with E-state index in [4.69, 9.17) is 9.47 Å². The molecule has 0 aromatic rings. The highest BCUT2D eigenvalue weighted by atomic mass is 16.5. The van der Waals surface area contributed by atoms with E-state index in [-0.39, 0.29) is 0 Å². The number of hydrogen-bond acceptors (Lipinski definition) is 2. The lowest BCUT2D eigenvalue weighted by molar-refractivity contribution is -0.0223. The summed E-state index contributed by atoms with van der Waals surface area (Å²) in [5, 5.41) is 0. The van der Waals surface area contributed by atoms with Crippen LogP contribution in [0.25, 0.3) is 0 Å². The SMILES string of the molecule is CC1OCCCC1CCOC=C1CCCCC1. The molecule has 17 heavy (non-hydrogen) atoms. The predicted molar refractivity (Wildman–Crippen MR) is 69.9 cm³/mol. The van der Waals surface area contributed by atoms with Crippen LogP contribution in [-0.2, 0) is 9.47 Å². The molecular weight excluding hydrogens is 212 g/mol. The molecule has 0 N–H and O–H groups in total. The van der Waals surface area contributed by atoms with E-state index < -0.39 is 0 Å². The zero-order valence-electron chi connectivity index (χ0n) is 11.1. The van der Waals surface area contributed by atoms with Crippen LogP contribution in [0.4, 0.5) is 0 Å². The van der Waals surface area contributed by atoms with Crippen LogP contribution < -0.4 is 0 Å². The Hall–Kier alpha value is -0.500. The third-order valence-corrected chi connectivity index (χ3v) is 4.12. The van der Waals surface area contributed by atoms with Crippen molar-refractivity contribution >= 4 is 0 Å². The summed E-state index contributed by atoms with van der Waals surface area (Å²) in [5.74, 6) is 0.702. The first-order valence-electron chi connectivity index (χ1n) is 7.27. The molecule has 0 aromatic carbocycles. The van der Waals surface area contributed by atoms with Crippen molar-refractivity contribution in [2.45, 2.75) is 64.4 Å². The van der Waals surface area contributed by atoms with Crippen LogP contribution in [0.15, 0.2) is 11.8 Å². The number of rotatable bonds is 4. The van der Waals surface area contributed by atoms with Gasteiger partial charge in [0.25, 0.3) is 0 Å². The molecule has 2 nitrogen and oxygen atoms in total. The van der Waals surface area contributed by atoms with Crippen LogP contribution in [0.2, 0.25) is 0 Å². The van der Waals surface area contributed by atoms with Gasteiger partial charge in [0.1, 0.15) is 0 Å². The summed E-state index contributed by atoms with van der Waals surface area (Å²) in [6.07, 6.45) is 12.7. The second-order valence-electron chi connectivity index (χ2n) is 5.47. The number of allylic oxidation sites excluding steroid dienone is 1. The highest BCUT2D eigenvalue weighted by Crippen LogP contribution is 2.25. The molecule has 1 aliphatic heterocycles. The smallest absolute Gasteiger partial charge is 0.0876 e. The van der Waals surface area contributed by atoms with E-state index in [2.05, 4.69) is 6.92 Å². The second kappa shape index (κ2) is 7.05. The Morgan fingerprint density at radius 1 is 1.24 bits per heavy atom. The summed E-state index contributed by atoms with van der Waals surface area (Å²) >= 11 is 0. The molecule has 2 unspecified atom stereocenters. The van der Waals surface area contributed by atoms with Gasteiger partial charge in [-0.05, 0) is 63.4 Å². The van der Waals surface area contributed by atoms with Crippen molar-refractivity contribution in [1.29, 1.82) is 0 Å². The molecule has 2 atom stereocenters. The molecule has 2 fully saturated rings. The maximum atomic E-state index is 5.71. The van der Waals surface area contributed by atoms with Gasteiger partial charge in [0, 0.05) is 6.61 Å². The van der Waals surface area contributed by atoms with Gasteiger partial charge in [0.05, 0.1) is 19.0 Å². The molecule has 0 aromatic heterocycles. The summed E-state index contributed by atoms with van der Waals surface area (Å²) in [5.41, 5.74) is 1.52. The summed E-state index contributed by atoms with van der Waals surface area (Å²) in [6, 6.07) is 0. The van der Waals surface area contributed by atoms with E-state index in [0.29, 0.717) is 12.0 Å². The summed E-state index contributed by atoms with van der Waals surface area (Å²) in [4.78, 5) is 0. The van der Waals surface area contributed by atoms with Crippen molar-refractivity contribution in [1.82, 2.24) is 0 Å². The molecule has 0 radical (unpaired) electrons. The molecule has 1 saturated carbocycles. The molecule has 98 valence electrons. The average Bonchev–Trinajstić information content (AvgIpc) is 2.38. The third-order valence-electron chi connectivity index (χ3n) is 4.12. The number of ether oxygens (including phenoxy) is 2. The predicted octanol–water partition coefficient (Wildman–Crippen LogP) is 4.06. The standard InChI is InChI=1S/C15H26O2/c1-13-15(8-5-10-17-13)9-11-16-12-14-6-3-2-4-7-14/h12-13,15H,2-11H2,1H3. The van der Waals surface area contributed by atoms with Crippen molar-refractivity contribution in [3.8, 4) is 0 Å². The minimum atomic E-state index is 0.426. The van der Waals surface area contributed by atoms with Crippen LogP contribution in [0.3, 0.4) is 0 Å². The van der Waals surface area contributed by atoms with Crippen molar-refractivity contribution < 1.29 is 9.47 Å². The van der Waals surface area contributed by atoms with Gasteiger partial charge in [0.15, 0.2) is 0 Å². The van der Waals surface area contributed by atoms with Crippen LogP contribution in [0.1, 0.15) is 58.3 Å². The second-order valence-corrected chi connectivity index (χ2v) is 5.47. The molecular formula is C15H26O2. The normalized spacial score (nSPS) is 30.1. The highest BCUT2D eigenvalue weighted by Gasteiger charge is 2.21. The van der Waals surface area contributed by atoms with E-state index in [1.807, 2.05) is 6.26 Å². The molecule has 2 rings (SSSR count). The van der Waals surface area contributed by atoms with Gasteiger partial charge in [-0.2, -0.15) is 0 Å². The van der Waals surface area contributed by atoms with Gasteiger partial charge < -0.3 is 9.47 Å². The quantitative estimate of drug-likeness (QED) is 0.543. The molecule has 2 heteroatoms. The van der Waals surface area contributed by atoms with Crippen LogP contribution >= 0.6 is 0 Å². The lowest BCUT2D eigenvalue weighted by Crippen LogP contribution is -2.27. The van der Waals surface area contributed by atoms with Gasteiger partial charge in [0.2, 0.25) is 0 Å². The van der Waals surface area contributed by atoms with Crippen LogP contribution in [0, 0.1) is 5.92 Å². The number of hydrogen-bond donors (Lipinski definition) is 0. The Balaban J connectivity index is 1.61. The summed E-state index contributed by atoms with van der Waals surface area (Å²) in [7, 11) is 0. The molecule has 1 aliphatic carbocycles. The third kappa shape index (κ3) is 4.34. The Labute approximate surface area is 105 Å². The summed E-state index contributed by atoms with van der Waals surface area (Å²) < 4.78 is 11.4. The monoisotopic (exact) mass is 238 g/mol. The van der Waals surface area contributed by atoms with E-state index in [0.717, 1.165) is 19.6 Å². The van der Waals surface area contributed by atoms with Crippen molar-refractivity contribution in [3.63, 3.8) is 0 Å². The van der Waals surface area contributed by atoms with Gasteiger partial charge >= 0.3 is 0 Å². The lowest BCUT2D eigenvalue weighted by Gasteiger charge is -2.28. The molecule has 2 aliphatic rings. The van der Waals surface area contributed by atoms with Crippen molar-refractivity contribution in [3.05, 3.63) is 11.8 Å². The topological polar surface area (TPSA) is 18.5 Å². The van der Waals surface area contributed by atoms with Crippen molar-refractivity contribution in [2.24, 2.45) is 5.92 Å². The first-order valence-corrected chi connectivity index (χ1v) is 7.27. The lowest BCUT2D eigenvalue weighted by atomic mass is 9.92. The molecule has 1 saturated heterocycles. The zero-order chi connectivity index (χ0) is 11.9. The minimum Gasteiger partial charge on any atom is -0.501 e. The Morgan fingerprint density at radius 3 is 2.82 bits per heavy atom. The Kier molecular flexibility index (Phi) is 5.37. The van der Waals surface area contributed by atoms with E-state index in [1.165, 1.54) is 50.5 Å². The van der Waals surface area contributed by atoms with Crippen molar-refractivity contribution in [2.75, 3.05) is 13.2 Å². The Morgan fingerprint density at radius 2 is 2.06 bits per heavy atom. The molecule has 0 bridgehead atoms. The van der Waals surface area contributed by atoms with Gasteiger partial charge in [-0.1, -0.05) is 6.42 Å². The van der Waals surface area contributed by atoms with Gasteiger partial charge in [-0.3, -0.25) is 0 Å². The fourth-order valence-corrected chi connectivity index (χ4v) is 2.88. The minimum absolute atomic E-state index is 0.426. The van der Waals surface area contributed by atoms with Crippen LogP contribution in [0.5, 0.6) is 0 Å². The maximum absolute atomic E-state index is 5.71. The highest BCUT2D eigenvalue weighted by molar-refractivity contribution is 5.00. The first kappa shape index (κ1) is 12.9. The van der Waals surface area contributed by atoms with Crippen LogP contribution in [-0.4, -0.2) is 19.3 Å². The fraction of sp³-hybridized carbons (Fsp3) is 0.867. The molecule has 1 heterocycles. The Bertz CT molecular complexity index is 239. The van der Waals surface area contributed by atoms with E-state index >= 15 is 0 Å². The van der Waals surface area contributed by atoms with E-state index in [1.54, 1.807) is 0 Å². The van der Waals surface area contributed by atoms with Gasteiger partial charge in [-0.15, -0.1) is 0 Å². The largest absolute Gasteiger partial charge is 0.501 e. The molecule has 0 amide bonds.